The summed E-state index contributed by atoms with van der Waals surface area (Å²) in [7, 11) is -3.72. The van der Waals surface area contributed by atoms with E-state index in [0.29, 0.717) is 0 Å². The molecule has 2 aromatic heterocycles. The quantitative estimate of drug-likeness (QED) is 0.846. The third-order valence-electron chi connectivity index (χ3n) is 2.59. The van der Waals surface area contributed by atoms with Gasteiger partial charge in [-0.3, -0.25) is 4.98 Å². The number of pyridine rings is 1. The lowest BCUT2D eigenvalue weighted by molar-refractivity contribution is 0.245. The highest BCUT2D eigenvalue weighted by atomic mass is 79.9. The van der Waals surface area contributed by atoms with Crippen LogP contribution in [-0.4, -0.2) is 18.5 Å². The Labute approximate surface area is 125 Å². The van der Waals surface area contributed by atoms with Gasteiger partial charge >= 0.3 is 0 Å². The molecular formula is C12H13BrN2O4S. The highest BCUT2D eigenvalue weighted by molar-refractivity contribution is 9.10. The van der Waals surface area contributed by atoms with Gasteiger partial charge in [0.1, 0.15) is 17.3 Å². The van der Waals surface area contributed by atoms with E-state index in [1.807, 2.05) is 6.92 Å². The van der Waals surface area contributed by atoms with Crippen LogP contribution in [0.2, 0.25) is 0 Å². The fraction of sp³-hybridized carbons (Fsp3) is 0.250. The molecule has 6 nitrogen and oxygen atoms in total. The second-order valence-corrected chi connectivity index (χ2v) is 6.60. The van der Waals surface area contributed by atoms with Gasteiger partial charge in [-0.2, -0.15) is 0 Å². The highest BCUT2D eigenvalue weighted by Gasteiger charge is 2.22. The molecule has 0 aromatic carbocycles. The molecule has 0 spiro atoms. The Hall–Kier alpha value is -1.22. The Morgan fingerprint density at radius 1 is 1.45 bits per heavy atom. The smallest absolute Gasteiger partial charge is 0.245 e. The number of sulfonamides is 1. The molecule has 0 aliphatic rings. The van der Waals surface area contributed by atoms with Crippen molar-refractivity contribution in [3.8, 4) is 0 Å². The lowest BCUT2D eigenvalue weighted by atomic mass is 10.2. The number of aliphatic hydroxyl groups is 1. The molecule has 108 valence electrons. The Kier molecular flexibility index (Phi) is 4.59. The van der Waals surface area contributed by atoms with Gasteiger partial charge in [-0.15, -0.1) is 0 Å². The van der Waals surface area contributed by atoms with Crippen LogP contribution in [0.1, 0.15) is 17.0 Å². The first-order valence-electron chi connectivity index (χ1n) is 5.72. The van der Waals surface area contributed by atoms with E-state index < -0.39 is 10.0 Å². The molecule has 0 saturated heterocycles. The second kappa shape index (κ2) is 6.04. The number of nitrogens with one attached hydrogen (secondary N) is 1. The van der Waals surface area contributed by atoms with E-state index in [-0.39, 0.29) is 28.5 Å². The van der Waals surface area contributed by atoms with Gasteiger partial charge in [-0.05, 0) is 34.5 Å². The molecular weight excluding hydrogens is 348 g/mol. The van der Waals surface area contributed by atoms with Crippen LogP contribution in [0.5, 0.6) is 0 Å². The van der Waals surface area contributed by atoms with Crippen molar-refractivity contribution in [2.45, 2.75) is 25.0 Å². The van der Waals surface area contributed by atoms with Crippen LogP contribution in [0.15, 0.2) is 38.4 Å². The predicted molar refractivity (Wildman–Crippen MR) is 75.3 cm³/mol. The molecule has 2 aromatic rings. The summed E-state index contributed by atoms with van der Waals surface area (Å²) in [6.45, 7) is 1.62. The Morgan fingerprint density at radius 3 is 2.75 bits per heavy atom. The van der Waals surface area contributed by atoms with Crippen molar-refractivity contribution >= 4 is 26.0 Å². The second-order valence-electron chi connectivity index (χ2n) is 4.14. The van der Waals surface area contributed by atoms with Crippen molar-refractivity contribution in [3.05, 3.63) is 46.1 Å². The summed E-state index contributed by atoms with van der Waals surface area (Å²) in [5, 5.41) is 8.94. The number of hydrogen-bond acceptors (Lipinski definition) is 5. The van der Waals surface area contributed by atoms with Gasteiger partial charge in [-0.25, -0.2) is 13.1 Å². The molecule has 2 rings (SSSR count). The van der Waals surface area contributed by atoms with Crippen molar-refractivity contribution in [2.24, 2.45) is 0 Å². The van der Waals surface area contributed by atoms with Crippen LogP contribution in [-0.2, 0) is 23.2 Å². The van der Waals surface area contributed by atoms with Crippen molar-refractivity contribution in [1.82, 2.24) is 9.71 Å². The standard InChI is InChI=1S/C12H13BrN2O4S/c1-8-2-3-9(5-14-8)6-15-20(17,18)11-4-10(7-16)19-12(11)13/h2-5,15-16H,6-7H2,1H3. The van der Waals surface area contributed by atoms with Crippen molar-refractivity contribution in [1.29, 1.82) is 0 Å². The molecule has 0 aliphatic heterocycles. The van der Waals surface area contributed by atoms with Crippen LogP contribution >= 0.6 is 15.9 Å². The van der Waals surface area contributed by atoms with E-state index in [4.69, 9.17) is 9.52 Å². The zero-order valence-corrected chi connectivity index (χ0v) is 13.0. The molecule has 0 unspecified atom stereocenters. The van der Waals surface area contributed by atoms with Crippen LogP contribution in [0, 0.1) is 6.92 Å². The normalized spacial score (nSPS) is 11.8. The van der Waals surface area contributed by atoms with Gasteiger partial charge in [0.05, 0.1) is 0 Å². The maximum atomic E-state index is 12.1. The first kappa shape index (κ1) is 15.2. The topological polar surface area (TPSA) is 92.4 Å². The maximum absolute atomic E-state index is 12.1. The van der Waals surface area contributed by atoms with E-state index in [9.17, 15) is 8.42 Å². The number of rotatable bonds is 5. The summed E-state index contributed by atoms with van der Waals surface area (Å²) >= 11 is 3.02. The average molecular weight is 361 g/mol. The molecule has 0 aliphatic carbocycles. The summed E-state index contributed by atoms with van der Waals surface area (Å²) in [6, 6.07) is 4.88. The summed E-state index contributed by atoms with van der Waals surface area (Å²) in [5.74, 6) is 0.175. The Balaban J connectivity index is 2.14. The minimum atomic E-state index is -3.72. The van der Waals surface area contributed by atoms with Gasteiger partial charge < -0.3 is 9.52 Å². The minimum Gasteiger partial charge on any atom is -0.450 e. The number of aromatic nitrogens is 1. The number of aryl methyl sites for hydroxylation is 1. The molecule has 0 radical (unpaired) electrons. The van der Waals surface area contributed by atoms with Gasteiger partial charge in [0, 0.05) is 24.5 Å². The molecule has 0 bridgehead atoms. The zero-order chi connectivity index (χ0) is 14.8. The zero-order valence-electron chi connectivity index (χ0n) is 10.6. The fourth-order valence-electron chi connectivity index (χ4n) is 1.52. The molecule has 0 saturated carbocycles. The number of aliphatic hydroxyl groups excluding tert-OH is 1. The van der Waals surface area contributed by atoms with Gasteiger partial charge in [0.25, 0.3) is 0 Å². The predicted octanol–water partition coefficient (Wildman–Crippen LogP) is 1.72. The van der Waals surface area contributed by atoms with Crippen molar-refractivity contribution in [3.63, 3.8) is 0 Å². The molecule has 0 amide bonds. The number of hydrogen-bond donors (Lipinski definition) is 2. The van der Waals surface area contributed by atoms with Crippen LogP contribution in [0.25, 0.3) is 0 Å². The molecule has 2 N–H and O–H groups in total. The summed E-state index contributed by atoms with van der Waals surface area (Å²) in [5.41, 5.74) is 1.61. The van der Waals surface area contributed by atoms with E-state index in [2.05, 4.69) is 25.6 Å². The van der Waals surface area contributed by atoms with E-state index in [0.717, 1.165) is 11.3 Å². The highest BCUT2D eigenvalue weighted by Crippen LogP contribution is 2.26. The fourth-order valence-corrected chi connectivity index (χ4v) is 3.53. The van der Waals surface area contributed by atoms with Gasteiger partial charge in [0.2, 0.25) is 10.0 Å². The maximum Gasteiger partial charge on any atom is 0.245 e. The molecule has 2 heterocycles. The largest absolute Gasteiger partial charge is 0.450 e. The minimum absolute atomic E-state index is 0.0402. The summed E-state index contributed by atoms with van der Waals surface area (Å²) in [4.78, 5) is 4.05. The monoisotopic (exact) mass is 360 g/mol. The lowest BCUT2D eigenvalue weighted by Gasteiger charge is -2.05. The third-order valence-corrected chi connectivity index (χ3v) is 4.85. The number of nitrogens with zero attached hydrogens (tertiary/aromatic N) is 1. The molecule has 8 heteroatoms. The van der Waals surface area contributed by atoms with Crippen molar-refractivity contribution in [2.75, 3.05) is 0 Å². The third kappa shape index (κ3) is 3.45. The van der Waals surface area contributed by atoms with Crippen molar-refractivity contribution < 1.29 is 17.9 Å². The SMILES string of the molecule is Cc1ccc(CNS(=O)(=O)c2cc(CO)oc2Br)cn1. The molecule has 0 atom stereocenters. The van der Waals surface area contributed by atoms with Crippen LogP contribution in [0.3, 0.4) is 0 Å². The Bertz CT molecular complexity index is 695. The van der Waals surface area contributed by atoms with Gasteiger partial charge in [-0.1, -0.05) is 6.07 Å². The summed E-state index contributed by atoms with van der Waals surface area (Å²) in [6.07, 6.45) is 1.61. The van der Waals surface area contributed by atoms with E-state index >= 15 is 0 Å². The van der Waals surface area contributed by atoms with Crippen LogP contribution < -0.4 is 4.72 Å². The average Bonchev–Trinajstić information content (AvgIpc) is 2.80. The van der Waals surface area contributed by atoms with E-state index in [1.165, 1.54) is 6.07 Å². The number of halogens is 1. The van der Waals surface area contributed by atoms with Gasteiger partial charge in [0.15, 0.2) is 4.67 Å². The molecule has 0 fully saturated rings. The van der Waals surface area contributed by atoms with E-state index in [1.54, 1.807) is 18.3 Å². The first-order valence-corrected chi connectivity index (χ1v) is 8.00. The summed E-state index contributed by atoms with van der Waals surface area (Å²) < 4.78 is 31.8. The van der Waals surface area contributed by atoms with Crippen LogP contribution in [0.4, 0.5) is 0 Å². The first-order chi connectivity index (χ1) is 9.42. The lowest BCUT2D eigenvalue weighted by Crippen LogP contribution is -2.23. The molecule has 20 heavy (non-hydrogen) atoms. The number of furan rings is 1. The Morgan fingerprint density at radius 2 is 2.20 bits per heavy atom.